The van der Waals surface area contributed by atoms with Crippen molar-refractivity contribution in [3.8, 4) is 0 Å². The second-order valence-electron chi connectivity index (χ2n) is 7.28. The highest BCUT2D eigenvalue weighted by Gasteiger charge is 2.21. The van der Waals surface area contributed by atoms with E-state index in [2.05, 4.69) is 24.3 Å². The standard InChI is InChI=1S/C20H31N/c21-20(18-10-4-1-2-5-11-18)19-14-12-17(13-15-19)16-8-6-3-7-9-16/h12-16,18,20H,1-11,21H2. The quantitative estimate of drug-likeness (QED) is 0.708. The Morgan fingerprint density at radius 1 is 0.714 bits per heavy atom. The average Bonchev–Trinajstić information content (AvgIpc) is 2.84. The van der Waals surface area contributed by atoms with Gasteiger partial charge in [0.2, 0.25) is 0 Å². The molecule has 1 nitrogen and oxygen atoms in total. The van der Waals surface area contributed by atoms with Crippen LogP contribution in [0.3, 0.4) is 0 Å². The molecule has 1 aromatic rings. The lowest BCUT2D eigenvalue weighted by molar-refractivity contribution is 0.382. The molecule has 2 fully saturated rings. The van der Waals surface area contributed by atoms with Crippen molar-refractivity contribution in [3.05, 3.63) is 35.4 Å². The maximum Gasteiger partial charge on any atom is 0.0323 e. The first kappa shape index (κ1) is 15.1. The van der Waals surface area contributed by atoms with Crippen LogP contribution in [0.15, 0.2) is 24.3 Å². The van der Waals surface area contributed by atoms with Crippen LogP contribution in [0.5, 0.6) is 0 Å². The van der Waals surface area contributed by atoms with Crippen molar-refractivity contribution < 1.29 is 0 Å². The third-order valence-corrected chi connectivity index (χ3v) is 5.81. The first-order valence-electron chi connectivity index (χ1n) is 9.20. The van der Waals surface area contributed by atoms with Gasteiger partial charge in [-0.1, -0.05) is 69.2 Å². The van der Waals surface area contributed by atoms with Crippen molar-refractivity contribution in [2.45, 2.75) is 82.6 Å². The molecule has 0 spiro atoms. The normalized spacial score (nSPS) is 23.7. The molecular weight excluding hydrogens is 254 g/mol. The molecule has 116 valence electrons. The number of rotatable bonds is 3. The van der Waals surface area contributed by atoms with Crippen LogP contribution in [0.2, 0.25) is 0 Å². The summed E-state index contributed by atoms with van der Waals surface area (Å²) in [6.07, 6.45) is 15.2. The summed E-state index contributed by atoms with van der Waals surface area (Å²) in [6.45, 7) is 0. The Morgan fingerprint density at radius 3 is 1.86 bits per heavy atom. The van der Waals surface area contributed by atoms with Gasteiger partial charge in [0.25, 0.3) is 0 Å². The highest BCUT2D eigenvalue weighted by Crippen LogP contribution is 2.35. The minimum Gasteiger partial charge on any atom is -0.324 e. The lowest BCUT2D eigenvalue weighted by Crippen LogP contribution is -2.21. The molecular formula is C20H31N. The minimum atomic E-state index is 0.253. The van der Waals surface area contributed by atoms with Crippen LogP contribution in [-0.2, 0) is 0 Å². The van der Waals surface area contributed by atoms with Crippen LogP contribution in [0, 0.1) is 5.92 Å². The predicted molar refractivity (Wildman–Crippen MR) is 90.4 cm³/mol. The van der Waals surface area contributed by atoms with E-state index in [4.69, 9.17) is 5.73 Å². The molecule has 0 saturated heterocycles. The van der Waals surface area contributed by atoms with Gasteiger partial charge in [-0.05, 0) is 48.6 Å². The molecule has 0 radical (unpaired) electrons. The van der Waals surface area contributed by atoms with Crippen molar-refractivity contribution in [2.24, 2.45) is 11.7 Å². The maximum atomic E-state index is 6.57. The van der Waals surface area contributed by atoms with Gasteiger partial charge in [0, 0.05) is 6.04 Å². The van der Waals surface area contributed by atoms with Crippen LogP contribution < -0.4 is 5.73 Å². The summed E-state index contributed by atoms with van der Waals surface area (Å²) in [6, 6.07) is 9.62. The van der Waals surface area contributed by atoms with Crippen LogP contribution in [0.25, 0.3) is 0 Å². The highest BCUT2D eigenvalue weighted by atomic mass is 14.7. The van der Waals surface area contributed by atoms with Crippen molar-refractivity contribution in [1.82, 2.24) is 0 Å². The van der Waals surface area contributed by atoms with E-state index in [-0.39, 0.29) is 6.04 Å². The van der Waals surface area contributed by atoms with Gasteiger partial charge in [0.15, 0.2) is 0 Å². The molecule has 1 unspecified atom stereocenters. The summed E-state index contributed by atoms with van der Waals surface area (Å²) in [5.41, 5.74) is 9.48. The van der Waals surface area contributed by atoms with E-state index >= 15 is 0 Å². The largest absolute Gasteiger partial charge is 0.324 e. The van der Waals surface area contributed by atoms with Crippen LogP contribution in [0.1, 0.15) is 93.7 Å². The SMILES string of the molecule is NC(c1ccc(C2CCCCC2)cc1)C1CCCCCC1. The molecule has 0 amide bonds. The summed E-state index contributed by atoms with van der Waals surface area (Å²) < 4.78 is 0. The van der Waals surface area contributed by atoms with E-state index in [0.29, 0.717) is 5.92 Å². The minimum absolute atomic E-state index is 0.253. The molecule has 2 aliphatic carbocycles. The molecule has 2 N–H and O–H groups in total. The van der Waals surface area contributed by atoms with Gasteiger partial charge in [0.1, 0.15) is 0 Å². The third kappa shape index (κ3) is 3.88. The number of hydrogen-bond donors (Lipinski definition) is 1. The predicted octanol–water partition coefficient (Wildman–Crippen LogP) is 5.70. The summed E-state index contributed by atoms with van der Waals surface area (Å²) in [4.78, 5) is 0. The summed E-state index contributed by atoms with van der Waals surface area (Å²) in [5, 5.41) is 0. The Bertz CT molecular complexity index is 408. The molecule has 0 heterocycles. The van der Waals surface area contributed by atoms with E-state index < -0.39 is 0 Å². The molecule has 2 aliphatic rings. The fourth-order valence-electron chi connectivity index (χ4n) is 4.37. The zero-order valence-corrected chi connectivity index (χ0v) is 13.4. The van der Waals surface area contributed by atoms with E-state index in [9.17, 15) is 0 Å². The zero-order chi connectivity index (χ0) is 14.5. The van der Waals surface area contributed by atoms with Crippen molar-refractivity contribution in [2.75, 3.05) is 0 Å². The monoisotopic (exact) mass is 285 g/mol. The molecule has 1 heteroatoms. The van der Waals surface area contributed by atoms with Crippen LogP contribution in [-0.4, -0.2) is 0 Å². The number of benzene rings is 1. The van der Waals surface area contributed by atoms with Crippen LogP contribution in [0.4, 0.5) is 0 Å². The fourth-order valence-corrected chi connectivity index (χ4v) is 4.37. The van der Waals surface area contributed by atoms with E-state index in [0.717, 1.165) is 5.92 Å². The summed E-state index contributed by atoms with van der Waals surface area (Å²) in [5.74, 6) is 1.51. The first-order chi connectivity index (χ1) is 10.3. The second kappa shape index (κ2) is 7.45. The van der Waals surface area contributed by atoms with Gasteiger partial charge in [0.05, 0.1) is 0 Å². The molecule has 0 aliphatic heterocycles. The Kier molecular flexibility index (Phi) is 5.35. The van der Waals surface area contributed by atoms with Gasteiger partial charge < -0.3 is 5.73 Å². The second-order valence-corrected chi connectivity index (χ2v) is 7.28. The topological polar surface area (TPSA) is 26.0 Å². The summed E-state index contributed by atoms with van der Waals surface area (Å²) >= 11 is 0. The lowest BCUT2D eigenvalue weighted by atomic mass is 9.82. The third-order valence-electron chi connectivity index (χ3n) is 5.81. The zero-order valence-electron chi connectivity index (χ0n) is 13.4. The first-order valence-corrected chi connectivity index (χ1v) is 9.20. The van der Waals surface area contributed by atoms with Gasteiger partial charge in [-0.25, -0.2) is 0 Å². The Hall–Kier alpha value is -0.820. The van der Waals surface area contributed by atoms with Gasteiger partial charge in [-0.15, -0.1) is 0 Å². The van der Waals surface area contributed by atoms with Gasteiger partial charge in [-0.2, -0.15) is 0 Å². The number of hydrogen-bond acceptors (Lipinski definition) is 1. The van der Waals surface area contributed by atoms with Crippen molar-refractivity contribution in [3.63, 3.8) is 0 Å². The van der Waals surface area contributed by atoms with Crippen LogP contribution >= 0.6 is 0 Å². The molecule has 2 saturated carbocycles. The van der Waals surface area contributed by atoms with Crippen molar-refractivity contribution >= 4 is 0 Å². The van der Waals surface area contributed by atoms with Gasteiger partial charge in [-0.3, -0.25) is 0 Å². The Labute approximate surface area is 130 Å². The summed E-state index contributed by atoms with van der Waals surface area (Å²) in [7, 11) is 0. The highest BCUT2D eigenvalue weighted by molar-refractivity contribution is 5.28. The molecule has 1 aromatic carbocycles. The smallest absolute Gasteiger partial charge is 0.0323 e. The Morgan fingerprint density at radius 2 is 1.24 bits per heavy atom. The van der Waals surface area contributed by atoms with E-state index in [1.165, 1.54) is 76.2 Å². The lowest BCUT2D eigenvalue weighted by Gasteiger charge is -2.25. The molecule has 3 rings (SSSR count). The van der Waals surface area contributed by atoms with Crippen molar-refractivity contribution in [1.29, 1.82) is 0 Å². The fraction of sp³-hybridized carbons (Fsp3) is 0.700. The molecule has 21 heavy (non-hydrogen) atoms. The molecule has 0 bridgehead atoms. The van der Waals surface area contributed by atoms with E-state index in [1.54, 1.807) is 5.56 Å². The number of nitrogens with two attached hydrogens (primary N) is 1. The Balaban J connectivity index is 1.64. The van der Waals surface area contributed by atoms with Gasteiger partial charge >= 0.3 is 0 Å². The van der Waals surface area contributed by atoms with E-state index in [1.807, 2.05) is 0 Å². The average molecular weight is 285 g/mol. The maximum absolute atomic E-state index is 6.57. The molecule has 0 aromatic heterocycles. The molecule has 1 atom stereocenters.